The van der Waals surface area contributed by atoms with Crippen LogP contribution in [0.4, 0.5) is 0 Å². The Balaban J connectivity index is 1.74. The molecule has 1 fully saturated rings. The lowest BCUT2D eigenvalue weighted by atomic mass is 10.1. The summed E-state index contributed by atoms with van der Waals surface area (Å²) in [5.74, 6) is 0.818. The van der Waals surface area contributed by atoms with Gasteiger partial charge in [-0.15, -0.1) is 0 Å². The first kappa shape index (κ1) is 13.1. The van der Waals surface area contributed by atoms with Gasteiger partial charge in [0, 0.05) is 29.6 Å². The monoisotopic (exact) mass is 291 g/mol. The summed E-state index contributed by atoms with van der Waals surface area (Å²) in [6.45, 7) is 3.23. The number of hydrogen-bond donors (Lipinski definition) is 0. The predicted octanol–water partition coefficient (Wildman–Crippen LogP) is 2.66. The molecule has 20 heavy (non-hydrogen) atoms. The molecule has 1 atom stereocenters. The summed E-state index contributed by atoms with van der Waals surface area (Å²) in [6.07, 6.45) is 2.17. The van der Waals surface area contributed by atoms with Crippen LogP contribution in [0.1, 0.15) is 34.1 Å². The van der Waals surface area contributed by atoms with E-state index in [-0.39, 0.29) is 11.8 Å². The van der Waals surface area contributed by atoms with Crippen LogP contribution in [0.15, 0.2) is 29.1 Å². The zero-order valence-electron chi connectivity index (χ0n) is 11.0. The van der Waals surface area contributed by atoms with Crippen molar-refractivity contribution in [3.63, 3.8) is 0 Å². The number of carbonyl (C=O) groups excluding carboxylic acids is 1. The molecule has 0 aliphatic carbocycles. The van der Waals surface area contributed by atoms with Gasteiger partial charge in [0.05, 0.1) is 0 Å². The number of rotatable bonds is 2. The van der Waals surface area contributed by atoms with Crippen LogP contribution in [-0.2, 0) is 0 Å². The maximum Gasteiger partial charge on any atom is 0.253 e. The third kappa shape index (κ3) is 2.41. The number of hydrogen-bond acceptors (Lipinski definition) is 4. The minimum absolute atomic E-state index is 0.00195. The molecule has 2 aromatic rings. The maximum atomic E-state index is 12.4. The number of aromatic nitrogens is 2. The van der Waals surface area contributed by atoms with Crippen molar-refractivity contribution in [2.24, 2.45) is 0 Å². The van der Waals surface area contributed by atoms with E-state index in [1.807, 2.05) is 24.0 Å². The van der Waals surface area contributed by atoms with Crippen LogP contribution in [0.25, 0.3) is 0 Å². The molecule has 1 aromatic heterocycles. The fraction of sp³-hybridized carbons (Fsp3) is 0.357. The highest BCUT2D eigenvalue weighted by atomic mass is 35.5. The molecule has 0 saturated carbocycles. The van der Waals surface area contributed by atoms with Crippen LogP contribution in [0.3, 0.4) is 0 Å². The molecule has 2 heterocycles. The lowest BCUT2D eigenvalue weighted by Crippen LogP contribution is -2.28. The summed E-state index contributed by atoms with van der Waals surface area (Å²) in [5, 5.41) is 4.46. The highest BCUT2D eigenvalue weighted by Gasteiger charge is 2.30. The highest BCUT2D eigenvalue weighted by molar-refractivity contribution is 6.31. The zero-order chi connectivity index (χ0) is 14.1. The van der Waals surface area contributed by atoms with Crippen molar-refractivity contribution in [2.75, 3.05) is 13.1 Å². The molecule has 0 spiro atoms. The van der Waals surface area contributed by atoms with Crippen LogP contribution >= 0.6 is 11.6 Å². The fourth-order valence-corrected chi connectivity index (χ4v) is 2.60. The van der Waals surface area contributed by atoms with Gasteiger partial charge in [0.1, 0.15) is 0 Å². The Hall–Kier alpha value is -1.88. The number of carbonyl (C=O) groups is 1. The first-order chi connectivity index (χ1) is 9.65. The Bertz CT molecular complexity index is 627. The third-order valence-electron chi connectivity index (χ3n) is 3.64. The van der Waals surface area contributed by atoms with Gasteiger partial charge in [0.15, 0.2) is 5.82 Å². The molecule has 1 unspecified atom stereocenters. The van der Waals surface area contributed by atoms with E-state index in [2.05, 4.69) is 10.1 Å². The van der Waals surface area contributed by atoms with Gasteiger partial charge in [-0.1, -0.05) is 22.8 Å². The van der Waals surface area contributed by atoms with Crippen molar-refractivity contribution in [3.05, 3.63) is 46.6 Å². The van der Waals surface area contributed by atoms with Gasteiger partial charge in [-0.2, -0.15) is 4.98 Å². The smallest absolute Gasteiger partial charge is 0.253 e. The van der Waals surface area contributed by atoms with Crippen molar-refractivity contribution in [2.45, 2.75) is 19.3 Å². The molecule has 3 rings (SSSR count). The molecule has 0 bridgehead atoms. The summed E-state index contributed by atoms with van der Waals surface area (Å²) in [5.41, 5.74) is 1.59. The molecule has 1 saturated heterocycles. The van der Waals surface area contributed by atoms with E-state index in [1.54, 1.807) is 6.07 Å². The van der Waals surface area contributed by atoms with Crippen molar-refractivity contribution < 1.29 is 9.32 Å². The second kappa shape index (κ2) is 5.25. The fourth-order valence-electron chi connectivity index (χ4n) is 2.42. The van der Waals surface area contributed by atoms with Gasteiger partial charge in [0.25, 0.3) is 5.91 Å². The highest BCUT2D eigenvalue weighted by Crippen LogP contribution is 2.26. The lowest BCUT2D eigenvalue weighted by Gasteiger charge is -2.16. The Labute approximate surface area is 121 Å². The second-order valence-corrected chi connectivity index (χ2v) is 5.40. The molecule has 1 aliphatic heterocycles. The predicted molar refractivity (Wildman–Crippen MR) is 73.7 cm³/mol. The number of benzene rings is 1. The van der Waals surface area contributed by atoms with Crippen LogP contribution < -0.4 is 0 Å². The molecule has 1 aliphatic rings. The Morgan fingerprint density at radius 3 is 3.05 bits per heavy atom. The third-order valence-corrected chi connectivity index (χ3v) is 4.04. The molecule has 0 radical (unpaired) electrons. The van der Waals surface area contributed by atoms with Gasteiger partial charge in [0.2, 0.25) is 6.39 Å². The second-order valence-electron chi connectivity index (χ2n) is 4.99. The van der Waals surface area contributed by atoms with Crippen molar-refractivity contribution in [1.29, 1.82) is 0 Å². The summed E-state index contributed by atoms with van der Waals surface area (Å²) >= 11 is 6.07. The lowest BCUT2D eigenvalue weighted by molar-refractivity contribution is 0.0790. The average Bonchev–Trinajstić information content (AvgIpc) is 3.11. The number of likely N-dealkylation sites (tertiary alicyclic amines) is 1. The van der Waals surface area contributed by atoms with Gasteiger partial charge in [-0.3, -0.25) is 4.79 Å². The topological polar surface area (TPSA) is 59.2 Å². The first-order valence-electron chi connectivity index (χ1n) is 6.47. The number of halogens is 1. The quantitative estimate of drug-likeness (QED) is 0.853. The summed E-state index contributed by atoms with van der Waals surface area (Å²) in [7, 11) is 0. The summed E-state index contributed by atoms with van der Waals surface area (Å²) in [6, 6.07) is 5.40. The molecule has 1 aromatic carbocycles. The molecule has 6 heteroatoms. The number of amides is 1. The molecular weight excluding hydrogens is 278 g/mol. The van der Waals surface area contributed by atoms with Crippen molar-refractivity contribution >= 4 is 17.5 Å². The van der Waals surface area contributed by atoms with Crippen LogP contribution in [-0.4, -0.2) is 34.0 Å². The SMILES string of the molecule is Cc1ccc(C(=O)N2CCC(c3ncon3)C2)cc1Cl. The van der Waals surface area contributed by atoms with E-state index in [0.717, 1.165) is 12.0 Å². The van der Waals surface area contributed by atoms with Crippen LogP contribution in [0.2, 0.25) is 5.02 Å². The molecule has 1 amide bonds. The minimum Gasteiger partial charge on any atom is -0.343 e. The van der Waals surface area contributed by atoms with E-state index < -0.39 is 0 Å². The first-order valence-corrected chi connectivity index (χ1v) is 6.84. The number of nitrogens with zero attached hydrogens (tertiary/aromatic N) is 3. The van der Waals surface area contributed by atoms with Gasteiger partial charge in [-0.25, -0.2) is 0 Å². The van der Waals surface area contributed by atoms with E-state index >= 15 is 0 Å². The maximum absolute atomic E-state index is 12.4. The van der Waals surface area contributed by atoms with Crippen molar-refractivity contribution in [1.82, 2.24) is 15.0 Å². The zero-order valence-corrected chi connectivity index (χ0v) is 11.8. The standard InChI is InChI=1S/C14H14ClN3O2/c1-9-2-3-10(6-12(9)15)14(19)18-5-4-11(7-18)13-16-8-20-17-13/h2-3,6,8,11H,4-5,7H2,1H3. The van der Waals surface area contributed by atoms with E-state index in [0.29, 0.717) is 29.5 Å². The average molecular weight is 292 g/mol. The molecule has 0 N–H and O–H groups in total. The Kier molecular flexibility index (Phi) is 3.44. The molecule has 104 valence electrons. The molecule has 5 nitrogen and oxygen atoms in total. The Morgan fingerprint density at radius 2 is 2.35 bits per heavy atom. The Morgan fingerprint density at radius 1 is 1.50 bits per heavy atom. The number of aryl methyl sites for hydroxylation is 1. The van der Waals surface area contributed by atoms with Crippen LogP contribution in [0, 0.1) is 6.92 Å². The summed E-state index contributed by atoms with van der Waals surface area (Å²) in [4.78, 5) is 18.3. The normalized spacial score (nSPS) is 18.5. The van der Waals surface area contributed by atoms with Crippen LogP contribution in [0.5, 0.6) is 0 Å². The minimum atomic E-state index is -0.00195. The van der Waals surface area contributed by atoms with E-state index in [4.69, 9.17) is 16.1 Å². The molecular formula is C14H14ClN3O2. The van der Waals surface area contributed by atoms with Gasteiger partial charge in [-0.05, 0) is 31.0 Å². The van der Waals surface area contributed by atoms with Gasteiger partial charge < -0.3 is 9.42 Å². The van der Waals surface area contributed by atoms with E-state index in [9.17, 15) is 4.79 Å². The van der Waals surface area contributed by atoms with Gasteiger partial charge >= 0.3 is 0 Å². The van der Waals surface area contributed by atoms with Crippen molar-refractivity contribution in [3.8, 4) is 0 Å². The van der Waals surface area contributed by atoms with E-state index in [1.165, 1.54) is 6.39 Å². The largest absolute Gasteiger partial charge is 0.343 e. The summed E-state index contributed by atoms with van der Waals surface area (Å²) < 4.78 is 4.75.